The number of aromatic nitrogens is 1. The van der Waals surface area contributed by atoms with E-state index < -0.39 is 0 Å². The third-order valence-electron chi connectivity index (χ3n) is 1.96. The van der Waals surface area contributed by atoms with E-state index in [-0.39, 0.29) is 11.5 Å². The Kier molecular flexibility index (Phi) is 3.67. The van der Waals surface area contributed by atoms with Gasteiger partial charge in [0, 0.05) is 16.7 Å². The first-order chi connectivity index (χ1) is 6.38. The molecule has 0 radical (unpaired) electrons. The molecular formula is C11H17BrN2. The van der Waals surface area contributed by atoms with Gasteiger partial charge in [-0.3, -0.25) is 4.98 Å². The van der Waals surface area contributed by atoms with Crippen molar-refractivity contribution in [1.29, 1.82) is 0 Å². The van der Waals surface area contributed by atoms with Crippen molar-refractivity contribution in [3.8, 4) is 0 Å². The molecule has 3 heteroatoms. The number of hydrogen-bond acceptors (Lipinski definition) is 2. The monoisotopic (exact) mass is 256 g/mol. The third-order valence-corrected chi connectivity index (χ3v) is 2.45. The fourth-order valence-corrected chi connectivity index (χ4v) is 1.74. The Balaban J connectivity index is 2.74. The predicted octanol–water partition coefficient (Wildman–Crippen LogP) is 3.28. The van der Waals surface area contributed by atoms with Crippen LogP contribution in [0.2, 0.25) is 0 Å². The number of pyridine rings is 1. The van der Waals surface area contributed by atoms with Crippen LogP contribution in [0.4, 0.5) is 0 Å². The van der Waals surface area contributed by atoms with E-state index in [1.165, 1.54) is 0 Å². The van der Waals surface area contributed by atoms with Crippen LogP contribution in [0.5, 0.6) is 0 Å². The second-order valence-electron chi connectivity index (χ2n) is 4.77. The molecule has 0 spiro atoms. The van der Waals surface area contributed by atoms with E-state index >= 15 is 0 Å². The van der Waals surface area contributed by atoms with E-state index in [9.17, 15) is 0 Å². The highest BCUT2D eigenvalue weighted by atomic mass is 79.9. The quantitative estimate of drug-likeness (QED) is 0.883. The average Bonchev–Trinajstić information content (AvgIpc) is 2.01. The lowest BCUT2D eigenvalue weighted by molar-refractivity contribution is 0.340. The Bertz CT molecular complexity index is 304. The van der Waals surface area contributed by atoms with Crippen LogP contribution in [0.1, 0.15) is 38.9 Å². The van der Waals surface area contributed by atoms with Gasteiger partial charge in [-0.1, -0.05) is 36.7 Å². The minimum Gasteiger partial charge on any atom is -0.323 e. The van der Waals surface area contributed by atoms with Crippen LogP contribution in [0, 0.1) is 5.41 Å². The summed E-state index contributed by atoms with van der Waals surface area (Å²) in [5.41, 5.74) is 7.26. The van der Waals surface area contributed by atoms with Crippen LogP contribution in [-0.4, -0.2) is 4.98 Å². The summed E-state index contributed by atoms with van der Waals surface area (Å²) in [6.45, 7) is 6.56. The van der Waals surface area contributed by atoms with Crippen LogP contribution >= 0.6 is 15.9 Å². The lowest BCUT2D eigenvalue weighted by atomic mass is 9.87. The van der Waals surface area contributed by atoms with E-state index in [1.54, 1.807) is 6.20 Å². The maximum atomic E-state index is 6.07. The number of halogens is 1. The van der Waals surface area contributed by atoms with Gasteiger partial charge < -0.3 is 5.73 Å². The van der Waals surface area contributed by atoms with Gasteiger partial charge in [0.05, 0.1) is 5.69 Å². The summed E-state index contributed by atoms with van der Waals surface area (Å²) in [5, 5.41) is 0. The molecule has 0 aliphatic heterocycles. The van der Waals surface area contributed by atoms with Crippen molar-refractivity contribution in [3.05, 3.63) is 28.5 Å². The summed E-state index contributed by atoms with van der Waals surface area (Å²) < 4.78 is 1.03. The standard InChI is InChI=1S/C11H17BrN2/c1-11(2,3)7-9(13)10-6-8(12)4-5-14-10/h4-6,9H,7,13H2,1-3H3/t9-/m0/s1. The normalized spacial score (nSPS) is 14.1. The fourth-order valence-electron chi connectivity index (χ4n) is 1.39. The van der Waals surface area contributed by atoms with E-state index in [0.717, 1.165) is 16.6 Å². The highest BCUT2D eigenvalue weighted by molar-refractivity contribution is 9.10. The molecule has 0 bridgehead atoms. The molecule has 0 saturated heterocycles. The zero-order valence-electron chi connectivity index (χ0n) is 8.92. The SMILES string of the molecule is CC(C)(C)C[C@H](N)c1cc(Br)ccn1. The molecule has 0 fully saturated rings. The molecule has 1 aromatic heterocycles. The first-order valence-corrected chi connectivity index (χ1v) is 5.55. The first-order valence-electron chi connectivity index (χ1n) is 4.75. The number of hydrogen-bond donors (Lipinski definition) is 1. The van der Waals surface area contributed by atoms with Gasteiger partial charge in [0.15, 0.2) is 0 Å². The summed E-state index contributed by atoms with van der Waals surface area (Å²) in [7, 11) is 0. The van der Waals surface area contributed by atoms with Gasteiger partial charge >= 0.3 is 0 Å². The lowest BCUT2D eigenvalue weighted by Gasteiger charge is -2.22. The maximum absolute atomic E-state index is 6.07. The molecule has 0 aromatic carbocycles. The third kappa shape index (κ3) is 3.76. The molecular weight excluding hydrogens is 240 g/mol. The van der Waals surface area contributed by atoms with E-state index in [2.05, 4.69) is 41.7 Å². The molecule has 0 unspecified atom stereocenters. The van der Waals surface area contributed by atoms with Crippen molar-refractivity contribution in [2.75, 3.05) is 0 Å². The van der Waals surface area contributed by atoms with Gasteiger partial charge in [-0.2, -0.15) is 0 Å². The van der Waals surface area contributed by atoms with Gasteiger partial charge in [0.1, 0.15) is 0 Å². The van der Waals surface area contributed by atoms with Crippen LogP contribution in [0.15, 0.2) is 22.8 Å². The van der Waals surface area contributed by atoms with Crippen molar-refractivity contribution in [2.24, 2.45) is 11.1 Å². The number of nitrogens with two attached hydrogens (primary N) is 1. The van der Waals surface area contributed by atoms with Crippen molar-refractivity contribution in [1.82, 2.24) is 4.98 Å². The minimum atomic E-state index is 0.0208. The van der Waals surface area contributed by atoms with Crippen molar-refractivity contribution >= 4 is 15.9 Å². The topological polar surface area (TPSA) is 38.9 Å². The molecule has 1 aromatic rings. The largest absolute Gasteiger partial charge is 0.323 e. The molecule has 1 heterocycles. The fraction of sp³-hybridized carbons (Fsp3) is 0.545. The van der Waals surface area contributed by atoms with Gasteiger partial charge in [-0.15, -0.1) is 0 Å². The Morgan fingerprint density at radius 3 is 2.64 bits per heavy atom. The summed E-state index contributed by atoms with van der Waals surface area (Å²) >= 11 is 3.41. The molecule has 1 atom stereocenters. The van der Waals surface area contributed by atoms with Crippen LogP contribution in [-0.2, 0) is 0 Å². The maximum Gasteiger partial charge on any atom is 0.0582 e. The van der Waals surface area contributed by atoms with Gasteiger partial charge in [-0.05, 0) is 24.0 Å². The van der Waals surface area contributed by atoms with Gasteiger partial charge in [0.25, 0.3) is 0 Å². The molecule has 0 aliphatic carbocycles. The summed E-state index contributed by atoms with van der Waals surface area (Å²) in [5.74, 6) is 0. The Morgan fingerprint density at radius 1 is 1.50 bits per heavy atom. The highest BCUT2D eigenvalue weighted by Gasteiger charge is 2.17. The first kappa shape index (κ1) is 11.7. The molecule has 0 aliphatic rings. The van der Waals surface area contributed by atoms with Crippen LogP contribution in [0.25, 0.3) is 0 Å². The van der Waals surface area contributed by atoms with Gasteiger partial charge in [0.2, 0.25) is 0 Å². The van der Waals surface area contributed by atoms with E-state index in [0.29, 0.717) is 0 Å². The van der Waals surface area contributed by atoms with Gasteiger partial charge in [-0.25, -0.2) is 0 Å². The summed E-state index contributed by atoms with van der Waals surface area (Å²) in [4.78, 5) is 4.27. The summed E-state index contributed by atoms with van der Waals surface area (Å²) in [6, 6.07) is 3.91. The predicted molar refractivity (Wildman–Crippen MR) is 62.9 cm³/mol. The molecule has 14 heavy (non-hydrogen) atoms. The van der Waals surface area contributed by atoms with E-state index in [1.807, 2.05) is 12.1 Å². The molecule has 2 N–H and O–H groups in total. The smallest absolute Gasteiger partial charge is 0.0582 e. The Hall–Kier alpha value is -0.410. The number of rotatable bonds is 2. The Morgan fingerprint density at radius 2 is 2.14 bits per heavy atom. The molecule has 1 rings (SSSR count). The number of nitrogens with zero attached hydrogens (tertiary/aromatic N) is 1. The highest BCUT2D eigenvalue weighted by Crippen LogP contribution is 2.27. The molecule has 2 nitrogen and oxygen atoms in total. The molecule has 78 valence electrons. The average molecular weight is 257 g/mol. The minimum absolute atomic E-state index is 0.0208. The molecule has 0 saturated carbocycles. The lowest BCUT2D eigenvalue weighted by Crippen LogP contribution is -2.19. The van der Waals surface area contributed by atoms with Crippen LogP contribution in [0.3, 0.4) is 0 Å². The summed E-state index contributed by atoms with van der Waals surface area (Å²) in [6.07, 6.45) is 2.72. The van der Waals surface area contributed by atoms with E-state index in [4.69, 9.17) is 5.73 Å². The van der Waals surface area contributed by atoms with Crippen molar-refractivity contribution < 1.29 is 0 Å². The van der Waals surface area contributed by atoms with Crippen LogP contribution < -0.4 is 5.73 Å². The zero-order chi connectivity index (χ0) is 10.8. The second kappa shape index (κ2) is 4.41. The van der Waals surface area contributed by atoms with Crippen molar-refractivity contribution in [2.45, 2.75) is 33.2 Å². The second-order valence-corrected chi connectivity index (χ2v) is 5.69. The molecule has 0 amide bonds. The van der Waals surface area contributed by atoms with Crippen molar-refractivity contribution in [3.63, 3.8) is 0 Å². The zero-order valence-corrected chi connectivity index (χ0v) is 10.5. The Labute approximate surface area is 94.0 Å².